The van der Waals surface area contributed by atoms with E-state index in [-0.39, 0.29) is 0 Å². The molecule has 0 spiro atoms. The standard InChI is InChI=1S/C15H31NS/c1-13(2)14-7-6-8-15(10-9-14)16-11-4-5-12-17-3/h13-16H,4-12H2,1-3H3. The molecule has 0 heterocycles. The molecule has 0 radical (unpaired) electrons. The molecule has 2 atom stereocenters. The van der Waals surface area contributed by atoms with Crippen LogP contribution in [0.5, 0.6) is 0 Å². The summed E-state index contributed by atoms with van der Waals surface area (Å²) in [5, 5.41) is 3.77. The third-order valence-electron chi connectivity index (χ3n) is 4.16. The predicted octanol–water partition coefficient (Wildman–Crippen LogP) is 4.32. The highest BCUT2D eigenvalue weighted by atomic mass is 32.2. The molecule has 2 unspecified atom stereocenters. The zero-order chi connectivity index (χ0) is 12.5. The highest BCUT2D eigenvalue weighted by molar-refractivity contribution is 7.98. The van der Waals surface area contributed by atoms with E-state index in [2.05, 4.69) is 25.4 Å². The molecule has 0 aliphatic heterocycles. The van der Waals surface area contributed by atoms with Gasteiger partial charge in [0.15, 0.2) is 0 Å². The molecule has 0 aromatic rings. The second-order valence-electron chi connectivity index (χ2n) is 5.86. The molecular weight excluding hydrogens is 226 g/mol. The highest BCUT2D eigenvalue weighted by Gasteiger charge is 2.20. The number of hydrogen-bond donors (Lipinski definition) is 1. The van der Waals surface area contributed by atoms with Crippen LogP contribution in [0.1, 0.15) is 58.8 Å². The molecule has 1 rings (SSSR count). The van der Waals surface area contributed by atoms with Crippen LogP contribution in [0.4, 0.5) is 0 Å². The maximum atomic E-state index is 3.77. The van der Waals surface area contributed by atoms with Crippen LogP contribution >= 0.6 is 11.8 Å². The van der Waals surface area contributed by atoms with Gasteiger partial charge >= 0.3 is 0 Å². The van der Waals surface area contributed by atoms with E-state index in [9.17, 15) is 0 Å². The highest BCUT2D eigenvalue weighted by Crippen LogP contribution is 2.28. The lowest BCUT2D eigenvalue weighted by Gasteiger charge is -2.19. The Kier molecular flexibility index (Phi) is 8.38. The average molecular weight is 257 g/mol. The van der Waals surface area contributed by atoms with Gasteiger partial charge < -0.3 is 5.32 Å². The molecule has 2 heteroatoms. The fourth-order valence-corrected chi connectivity index (χ4v) is 3.37. The minimum Gasteiger partial charge on any atom is -0.314 e. The van der Waals surface area contributed by atoms with Gasteiger partial charge in [0.05, 0.1) is 0 Å². The monoisotopic (exact) mass is 257 g/mol. The fourth-order valence-electron chi connectivity index (χ4n) is 2.88. The third kappa shape index (κ3) is 6.71. The summed E-state index contributed by atoms with van der Waals surface area (Å²) in [4.78, 5) is 0. The van der Waals surface area contributed by atoms with Crippen LogP contribution in [0.25, 0.3) is 0 Å². The lowest BCUT2D eigenvalue weighted by atomic mass is 9.89. The zero-order valence-electron chi connectivity index (χ0n) is 12.0. The van der Waals surface area contributed by atoms with Crippen LogP contribution < -0.4 is 5.32 Å². The number of hydrogen-bond acceptors (Lipinski definition) is 2. The van der Waals surface area contributed by atoms with Crippen molar-refractivity contribution in [3.8, 4) is 0 Å². The maximum Gasteiger partial charge on any atom is 0.00671 e. The Balaban J connectivity index is 2.09. The SMILES string of the molecule is CSCCCCNC1CCCC(C(C)C)CC1. The Labute approximate surface area is 113 Å². The van der Waals surface area contributed by atoms with Crippen molar-refractivity contribution in [1.82, 2.24) is 5.32 Å². The first-order valence-electron chi connectivity index (χ1n) is 7.46. The minimum atomic E-state index is 0.813. The van der Waals surface area contributed by atoms with Crippen molar-refractivity contribution >= 4 is 11.8 Å². The van der Waals surface area contributed by atoms with Crippen molar-refractivity contribution < 1.29 is 0 Å². The van der Waals surface area contributed by atoms with Gasteiger partial charge in [0.1, 0.15) is 0 Å². The van der Waals surface area contributed by atoms with E-state index in [4.69, 9.17) is 0 Å². The van der Waals surface area contributed by atoms with Crippen molar-refractivity contribution in [1.29, 1.82) is 0 Å². The van der Waals surface area contributed by atoms with Crippen LogP contribution in [0.15, 0.2) is 0 Å². The lowest BCUT2D eigenvalue weighted by Crippen LogP contribution is -2.29. The molecule has 1 nitrogen and oxygen atoms in total. The summed E-state index contributed by atoms with van der Waals surface area (Å²) >= 11 is 1.97. The van der Waals surface area contributed by atoms with E-state index in [1.807, 2.05) is 11.8 Å². The van der Waals surface area contributed by atoms with Gasteiger partial charge in [-0.2, -0.15) is 11.8 Å². The number of rotatable bonds is 7. The molecule has 17 heavy (non-hydrogen) atoms. The fraction of sp³-hybridized carbons (Fsp3) is 1.00. The number of thioether (sulfide) groups is 1. The van der Waals surface area contributed by atoms with E-state index in [0.717, 1.165) is 17.9 Å². The summed E-state index contributed by atoms with van der Waals surface area (Å²) in [5.74, 6) is 3.19. The topological polar surface area (TPSA) is 12.0 Å². The van der Waals surface area contributed by atoms with Crippen molar-refractivity contribution in [2.45, 2.75) is 64.8 Å². The first kappa shape index (κ1) is 15.4. The summed E-state index contributed by atoms with van der Waals surface area (Å²) < 4.78 is 0. The Bertz CT molecular complexity index is 182. The first-order valence-corrected chi connectivity index (χ1v) is 8.85. The van der Waals surface area contributed by atoms with Crippen molar-refractivity contribution in [3.05, 3.63) is 0 Å². The maximum absolute atomic E-state index is 3.77. The number of nitrogens with one attached hydrogen (secondary N) is 1. The predicted molar refractivity (Wildman–Crippen MR) is 80.8 cm³/mol. The average Bonchev–Trinajstić information content (AvgIpc) is 2.54. The van der Waals surface area contributed by atoms with E-state index in [1.165, 1.54) is 57.2 Å². The largest absolute Gasteiger partial charge is 0.314 e. The zero-order valence-corrected chi connectivity index (χ0v) is 12.8. The van der Waals surface area contributed by atoms with E-state index < -0.39 is 0 Å². The normalized spacial score (nSPS) is 26.1. The van der Waals surface area contributed by atoms with Gasteiger partial charge in [0.25, 0.3) is 0 Å². The molecule has 1 aliphatic rings. The summed E-state index contributed by atoms with van der Waals surface area (Å²) in [6.07, 6.45) is 12.1. The molecule has 1 fully saturated rings. The molecule has 0 bridgehead atoms. The molecule has 0 aromatic heterocycles. The third-order valence-corrected chi connectivity index (χ3v) is 4.86. The van der Waals surface area contributed by atoms with Crippen molar-refractivity contribution in [2.75, 3.05) is 18.6 Å². The van der Waals surface area contributed by atoms with Crippen LogP contribution in [-0.4, -0.2) is 24.6 Å². The summed E-state index contributed by atoms with van der Waals surface area (Å²) in [5.41, 5.74) is 0. The summed E-state index contributed by atoms with van der Waals surface area (Å²) in [7, 11) is 0. The van der Waals surface area contributed by atoms with Gasteiger partial charge in [-0.1, -0.05) is 26.7 Å². The van der Waals surface area contributed by atoms with Crippen LogP contribution in [-0.2, 0) is 0 Å². The van der Waals surface area contributed by atoms with E-state index in [1.54, 1.807) is 0 Å². The first-order chi connectivity index (χ1) is 8.24. The van der Waals surface area contributed by atoms with E-state index in [0.29, 0.717) is 0 Å². The Morgan fingerprint density at radius 3 is 2.65 bits per heavy atom. The van der Waals surface area contributed by atoms with Crippen molar-refractivity contribution in [2.24, 2.45) is 11.8 Å². The summed E-state index contributed by atoms with van der Waals surface area (Å²) in [6, 6.07) is 0.813. The van der Waals surface area contributed by atoms with Crippen LogP contribution in [0.2, 0.25) is 0 Å². The quantitative estimate of drug-likeness (QED) is 0.538. The van der Waals surface area contributed by atoms with Gasteiger partial charge in [-0.3, -0.25) is 0 Å². The summed E-state index contributed by atoms with van der Waals surface area (Å²) in [6.45, 7) is 6.01. The van der Waals surface area contributed by atoms with Gasteiger partial charge in [-0.15, -0.1) is 0 Å². The van der Waals surface area contributed by atoms with Gasteiger partial charge in [0, 0.05) is 6.04 Å². The van der Waals surface area contributed by atoms with Crippen LogP contribution in [0.3, 0.4) is 0 Å². The molecule has 1 saturated carbocycles. The molecule has 0 aromatic carbocycles. The van der Waals surface area contributed by atoms with Gasteiger partial charge in [-0.05, 0) is 62.5 Å². The van der Waals surface area contributed by atoms with Gasteiger partial charge in [0.2, 0.25) is 0 Å². The Morgan fingerprint density at radius 2 is 1.94 bits per heavy atom. The molecule has 1 aliphatic carbocycles. The van der Waals surface area contributed by atoms with Crippen LogP contribution in [0, 0.1) is 11.8 Å². The molecule has 0 amide bonds. The number of unbranched alkanes of at least 4 members (excludes halogenated alkanes) is 1. The van der Waals surface area contributed by atoms with Gasteiger partial charge in [-0.25, -0.2) is 0 Å². The second kappa shape index (κ2) is 9.27. The molecule has 102 valence electrons. The molecule has 0 saturated heterocycles. The lowest BCUT2D eigenvalue weighted by molar-refractivity contribution is 0.338. The minimum absolute atomic E-state index is 0.813. The smallest absolute Gasteiger partial charge is 0.00671 e. The Morgan fingerprint density at radius 1 is 1.12 bits per heavy atom. The molecular formula is C15H31NS. The molecule has 1 N–H and O–H groups in total. The Hall–Kier alpha value is 0.310. The second-order valence-corrected chi connectivity index (χ2v) is 6.85. The van der Waals surface area contributed by atoms with E-state index >= 15 is 0 Å². The van der Waals surface area contributed by atoms with Crippen molar-refractivity contribution in [3.63, 3.8) is 0 Å².